The minimum Gasteiger partial charge on any atom is -0.320 e. The van der Waals surface area contributed by atoms with E-state index in [1.165, 1.54) is 5.56 Å². The van der Waals surface area contributed by atoms with E-state index < -0.39 is 0 Å². The summed E-state index contributed by atoms with van der Waals surface area (Å²) in [5.41, 5.74) is 4.45. The lowest BCUT2D eigenvalue weighted by Crippen LogP contribution is -2.10. The quantitative estimate of drug-likeness (QED) is 0.470. The van der Waals surface area contributed by atoms with E-state index in [0.717, 1.165) is 33.5 Å². The van der Waals surface area contributed by atoms with Crippen LogP contribution in [-0.2, 0) is 6.54 Å². The zero-order valence-corrected chi connectivity index (χ0v) is 16.9. The molecule has 27 heavy (non-hydrogen) atoms. The fourth-order valence-corrected chi connectivity index (χ4v) is 4.01. The lowest BCUT2D eigenvalue weighted by atomic mass is 10.2. The normalized spacial score (nSPS) is 11.6. The SMILES string of the molecule is Cc1ccc(-n2c(Cn3c(C)nc4ccccc43)nnc2SC(C)C)cc1. The predicted molar refractivity (Wildman–Crippen MR) is 111 cm³/mol. The second-order valence-electron chi connectivity index (χ2n) is 6.97. The number of hydrogen-bond acceptors (Lipinski definition) is 4. The molecule has 0 bridgehead atoms. The van der Waals surface area contributed by atoms with E-state index in [1.807, 2.05) is 25.1 Å². The Hall–Kier alpha value is -2.60. The summed E-state index contributed by atoms with van der Waals surface area (Å²) in [6.07, 6.45) is 0. The van der Waals surface area contributed by atoms with Crippen LogP contribution in [-0.4, -0.2) is 29.6 Å². The van der Waals surface area contributed by atoms with Gasteiger partial charge in [0.05, 0.1) is 17.6 Å². The summed E-state index contributed by atoms with van der Waals surface area (Å²) in [7, 11) is 0. The van der Waals surface area contributed by atoms with Crippen LogP contribution in [0, 0.1) is 13.8 Å². The van der Waals surface area contributed by atoms with Gasteiger partial charge < -0.3 is 4.57 Å². The molecule has 0 aliphatic rings. The van der Waals surface area contributed by atoms with Gasteiger partial charge >= 0.3 is 0 Å². The monoisotopic (exact) mass is 377 g/mol. The molecule has 2 aromatic heterocycles. The molecule has 0 N–H and O–H groups in total. The van der Waals surface area contributed by atoms with Crippen LogP contribution in [0.15, 0.2) is 53.7 Å². The van der Waals surface area contributed by atoms with Crippen LogP contribution in [0.1, 0.15) is 31.1 Å². The lowest BCUT2D eigenvalue weighted by molar-refractivity contribution is 0.711. The maximum absolute atomic E-state index is 4.68. The van der Waals surface area contributed by atoms with Crippen molar-refractivity contribution in [3.8, 4) is 5.69 Å². The molecule has 0 saturated carbocycles. The molecule has 5 nitrogen and oxygen atoms in total. The highest BCUT2D eigenvalue weighted by Gasteiger charge is 2.18. The van der Waals surface area contributed by atoms with Crippen LogP contribution >= 0.6 is 11.8 Å². The smallest absolute Gasteiger partial charge is 0.196 e. The maximum atomic E-state index is 4.68. The minimum atomic E-state index is 0.432. The Morgan fingerprint density at radius 2 is 1.70 bits per heavy atom. The van der Waals surface area contributed by atoms with E-state index in [9.17, 15) is 0 Å². The molecule has 0 atom stereocenters. The summed E-state index contributed by atoms with van der Waals surface area (Å²) in [5, 5.41) is 10.4. The predicted octanol–water partition coefficient (Wildman–Crippen LogP) is 4.78. The van der Waals surface area contributed by atoms with Crippen molar-refractivity contribution in [3.05, 3.63) is 65.7 Å². The molecule has 138 valence electrons. The van der Waals surface area contributed by atoms with Crippen molar-refractivity contribution in [2.75, 3.05) is 0 Å². The fraction of sp³-hybridized carbons (Fsp3) is 0.286. The molecule has 2 aromatic carbocycles. The van der Waals surface area contributed by atoms with Crippen molar-refractivity contribution in [1.29, 1.82) is 0 Å². The van der Waals surface area contributed by atoms with Crippen LogP contribution in [0.25, 0.3) is 16.7 Å². The van der Waals surface area contributed by atoms with Gasteiger partial charge in [0, 0.05) is 10.9 Å². The van der Waals surface area contributed by atoms with Crippen molar-refractivity contribution in [1.82, 2.24) is 24.3 Å². The molecule has 2 heterocycles. The lowest BCUT2D eigenvalue weighted by Gasteiger charge is -2.13. The number of rotatable bonds is 5. The van der Waals surface area contributed by atoms with Gasteiger partial charge in [0.15, 0.2) is 11.0 Å². The highest BCUT2D eigenvalue weighted by Crippen LogP contribution is 2.27. The van der Waals surface area contributed by atoms with Gasteiger partial charge in [0.1, 0.15) is 5.82 Å². The zero-order chi connectivity index (χ0) is 19.0. The fourth-order valence-electron chi connectivity index (χ4n) is 3.18. The van der Waals surface area contributed by atoms with Crippen molar-refractivity contribution in [2.45, 2.75) is 44.6 Å². The number of para-hydroxylation sites is 2. The number of thioether (sulfide) groups is 1. The molecule has 0 spiro atoms. The summed E-state index contributed by atoms with van der Waals surface area (Å²) in [4.78, 5) is 4.68. The Labute approximate surface area is 163 Å². The Kier molecular flexibility index (Phi) is 4.74. The van der Waals surface area contributed by atoms with Gasteiger partial charge in [-0.05, 0) is 38.1 Å². The molecule has 0 aliphatic carbocycles. The Morgan fingerprint density at radius 1 is 0.963 bits per heavy atom. The van der Waals surface area contributed by atoms with Crippen molar-refractivity contribution in [3.63, 3.8) is 0 Å². The first-order chi connectivity index (χ1) is 13.0. The molecule has 4 aromatic rings. The van der Waals surface area contributed by atoms with Gasteiger partial charge in [-0.2, -0.15) is 0 Å². The Bertz CT molecular complexity index is 1080. The number of hydrogen-bond donors (Lipinski definition) is 0. The van der Waals surface area contributed by atoms with Crippen LogP contribution in [0.2, 0.25) is 0 Å². The van der Waals surface area contributed by atoms with Crippen LogP contribution in [0.5, 0.6) is 0 Å². The van der Waals surface area contributed by atoms with Crippen molar-refractivity contribution in [2.24, 2.45) is 0 Å². The van der Waals surface area contributed by atoms with Crippen molar-refractivity contribution < 1.29 is 0 Å². The number of benzene rings is 2. The zero-order valence-electron chi connectivity index (χ0n) is 16.0. The molecule has 0 fully saturated rings. The average molecular weight is 378 g/mol. The van der Waals surface area contributed by atoms with Gasteiger partial charge in [-0.1, -0.05) is 55.4 Å². The Balaban J connectivity index is 1.81. The second-order valence-corrected chi connectivity index (χ2v) is 8.51. The molecule has 6 heteroatoms. The average Bonchev–Trinajstić information content (AvgIpc) is 3.17. The number of aryl methyl sites for hydroxylation is 2. The highest BCUT2D eigenvalue weighted by atomic mass is 32.2. The number of fused-ring (bicyclic) bond motifs is 1. The van der Waals surface area contributed by atoms with Crippen LogP contribution in [0.3, 0.4) is 0 Å². The van der Waals surface area contributed by atoms with Gasteiger partial charge in [-0.25, -0.2) is 4.98 Å². The van der Waals surface area contributed by atoms with Crippen LogP contribution in [0.4, 0.5) is 0 Å². The molecule has 4 rings (SSSR count). The molecule has 0 saturated heterocycles. The Morgan fingerprint density at radius 3 is 2.44 bits per heavy atom. The number of imidazole rings is 1. The number of nitrogens with zero attached hydrogens (tertiary/aromatic N) is 5. The summed E-state index contributed by atoms with van der Waals surface area (Å²) in [5.74, 6) is 1.89. The van der Waals surface area contributed by atoms with E-state index in [-0.39, 0.29) is 0 Å². The third-order valence-corrected chi connectivity index (χ3v) is 5.43. The first kappa shape index (κ1) is 17.8. The van der Waals surface area contributed by atoms with E-state index >= 15 is 0 Å². The van der Waals surface area contributed by atoms with Gasteiger partial charge in [0.2, 0.25) is 0 Å². The third-order valence-electron chi connectivity index (χ3n) is 4.48. The first-order valence-electron chi connectivity index (χ1n) is 9.13. The van der Waals surface area contributed by atoms with E-state index in [1.54, 1.807) is 11.8 Å². The molecular formula is C21H23N5S. The van der Waals surface area contributed by atoms with Gasteiger partial charge in [-0.3, -0.25) is 4.57 Å². The molecule has 0 radical (unpaired) electrons. The first-order valence-corrected chi connectivity index (χ1v) is 10.0. The second kappa shape index (κ2) is 7.19. The number of aromatic nitrogens is 5. The summed E-state index contributed by atoms with van der Waals surface area (Å²) in [6, 6.07) is 16.7. The summed E-state index contributed by atoms with van der Waals surface area (Å²) >= 11 is 1.73. The molecule has 0 amide bonds. The van der Waals surface area contributed by atoms with Gasteiger partial charge in [0.25, 0.3) is 0 Å². The van der Waals surface area contributed by atoms with Crippen LogP contribution < -0.4 is 0 Å². The summed E-state index contributed by atoms with van der Waals surface area (Å²) < 4.78 is 4.37. The minimum absolute atomic E-state index is 0.432. The standard InChI is InChI=1S/C21H23N5S/c1-14(2)27-21-24-23-20(26(21)17-11-9-15(3)10-12-17)13-25-16(4)22-18-7-5-6-8-19(18)25/h5-12,14H,13H2,1-4H3. The van der Waals surface area contributed by atoms with Crippen molar-refractivity contribution >= 4 is 22.8 Å². The van der Waals surface area contributed by atoms with E-state index in [4.69, 9.17) is 0 Å². The molecule has 0 unspecified atom stereocenters. The van der Waals surface area contributed by atoms with Gasteiger partial charge in [-0.15, -0.1) is 10.2 Å². The molecule has 0 aliphatic heterocycles. The topological polar surface area (TPSA) is 48.5 Å². The maximum Gasteiger partial charge on any atom is 0.196 e. The summed E-state index contributed by atoms with van der Waals surface area (Å²) in [6.45, 7) is 9.11. The third kappa shape index (κ3) is 3.49. The van der Waals surface area contributed by atoms with E-state index in [2.05, 4.69) is 75.4 Å². The molecular weight excluding hydrogens is 354 g/mol. The largest absolute Gasteiger partial charge is 0.320 e. The van der Waals surface area contributed by atoms with E-state index in [0.29, 0.717) is 11.8 Å². The highest BCUT2D eigenvalue weighted by molar-refractivity contribution is 7.99.